The normalized spacial score (nSPS) is 13.7. The molecular formula is C15H25ClN4O. The van der Waals surface area contributed by atoms with Crippen LogP contribution in [-0.2, 0) is 10.2 Å². The van der Waals surface area contributed by atoms with E-state index in [1.165, 1.54) is 0 Å². The Morgan fingerprint density at radius 2 is 1.76 bits per heavy atom. The molecule has 2 N–H and O–H groups in total. The highest BCUT2D eigenvalue weighted by molar-refractivity contribution is 6.29. The number of nitrogens with zero attached hydrogens (tertiary/aromatic N) is 2. The van der Waals surface area contributed by atoms with Crippen molar-refractivity contribution >= 4 is 23.3 Å². The molecule has 0 aliphatic rings. The maximum absolute atomic E-state index is 12.1. The molecule has 6 heteroatoms. The van der Waals surface area contributed by atoms with Gasteiger partial charge in [-0.05, 0) is 27.7 Å². The zero-order valence-electron chi connectivity index (χ0n) is 13.8. The van der Waals surface area contributed by atoms with Crippen LogP contribution >= 0.6 is 11.6 Å². The Bertz CT molecular complexity index is 517. The third-order valence-electron chi connectivity index (χ3n) is 2.62. The van der Waals surface area contributed by atoms with Crippen molar-refractivity contribution in [1.82, 2.24) is 15.3 Å². The molecule has 0 aliphatic heterocycles. The van der Waals surface area contributed by atoms with Gasteiger partial charge in [0.05, 0.1) is 0 Å². The number of carbonyl (C=O) groups is 1. The molecule has 0 saturated heterocycles. The Morgan fingerprint density at radius 1 is 1.19 bits per heavy atom. The van der Waals surface area contributed by atoms with Crippen LogP contribution in [0.2, 0.25) is 5.15 Å². The highest BCUT2D eigenvalue weighted by atomic mass is 35.5. The first-order valence-corrected chi connectivity index (χ1v) is 7.40. The number of hydrogen-bond donors (Lipinski definition) is 2. The molecule has 0 aromatic carbocycles. The maximum atomic E-state index is 12.1. The van der Waals surface area contributed by atoms with Crippen LogP contribution in [0.15, 0.2) is 6.07 Å². The Morgan fingerprint density at radius 3 is 2.24 bits per heavy atom. The van der Waals surface area contributed by atoms with Crippen LogP contribution < -0.4 is 10.6 Å². The van der Waals surface area contributed by atoms with Gasteiger partial charge in [-0.3, -0.25) is 4.79 Å². The van der Waals surface area contributed by atoms with Crippen molar-refractivity contribution < 1.29 is 4.79 Å². The van der Waals surface area contributed by atoms with Crippen molar-refractivity contribution in [3.8, 4) is 0 Å². The first-order valence-electron chi connectivity index (χ1n) is 7.02. The van der Waals surface area contributed by atoms with E-state index in [9.17, 15) is 4.79 Å². The van der Waals surface area contributed by atoms with Gasteiger partial charge in [-0.25, -0.2) is 9.97 Å². The summed E-state index contributed by atoms with van der Waals surface area (Å²) in [5.41, 5.74) is -0.481. The van der Waals surface area contributed by atoms with Gasteiger partial charge in [0.1, 0.15) is 22.8 Å². The minimum absolute atomic E-state index is 0.0884. The van der Waals surface area contributed by atoms with Crippen molar-refractivity contribution in [2.45, 2.75) is 65.5 Å². The molecule has 1 amide bonds. The first-order chi connectivity index (χ1) is 9.38. The lowest BCUT2D eigenvalue weighted by molar-refractivity contribution is -0.122. The van der Waals surface area contributed by atoms with Crippen molar-refractivity contribution in [2.75, 3.05) is 5.32 Å². The van der Waals surface area contributed by atoms with E-state index in [1.807, 2.05) is 41.5 Å². The molecule has 1 aromatic heterocycles. The van der Waals surface area contributed by atoms with E-state index in [2.05, 4.69) is 20.6 Å². The molecule has 0 bridgehead atoms. The van der Waals surface area contributed by atoms with Crippen LogP contribution in [-0.4, -0.2) is 27.5 Å². The number of hydrogen-bond acceptors (Lipinski definition) is 4. The lowest BCUT2D eigenvalue weighted by Crippen LogP contribution is -2.47. The van der Waals surface area contributed by atoms with Crippen molar-refractivity contribution in [3.63, 3.8) is 0 Å². The van der Waals surface area contributed by atoms with Gasteiger partial charge in [-0.1, -0.05) is 32.4 Å². The molecule has 1 aromatic rings. The highest BCUT2D eigenvalue weighted by Gasteiger charge is 2.22. The summed E-state index contributed by atoms with van der Waals surface area (Å²) in [5.74, 6) is 1.10. The van der Waals surface area contributed by atoms with E-state index in [-0.39, 0.29) is 16.9 Å². The van der Waals surface area contributed by atoms with Gasteiger partial charge >= 0.3 is 0 Å². The van der Waals surface area contributed by atoms with E-state index in [0.717, 1.165) is 0 Å². The summed E-state index contributed by atoms with van der Waals surface area (Å²) in [5, 5.41) is 6.35. The third-order valence-corrected chi connectivity index (χ3v) is 2.82. The summed E-state index contributed by atoms with van der Waals surface area (Å²) in [4.78, 5) is 20.7. The van der Waals surface area contributed by atoms with Crippen LogP contribution in [0.1, 0.15) is 54.3 Å². The molecule has 0 saturated carbocycles. The second kappa shape index (κ2) is 6.18. The monoisotopic (exact) mass is 312 g/mol. The van der Waals surface area contributed by atoms with Crippen molar-refractivity contribution in [1.29, 1.82) is 0 Å². The summed E-state index contributed by atoms with van der Waals surface area (Å²) in [7, 11) is 0. The molecule has 1 rings (SSSR count). The van der Waals surface area contributed by atoms with Crippen LogP contribution in [0.5, 0.6) is 0 Å². The molecule has 1 heterocycles. The van der Waals surface area contributed by atoms with E-state index >= 15 is 0 Å². The van der Waals surface area contributed by atoms with Gasteiger partial charge < -0.3 is 10.6 Å². The summed E-state index contributed by atoms with van der Waals surface area (Å²) in [6, 6.07) is 1.21. The van der Waals surface area contributed by atoms with Crippen LogP contribution in [0, 0.1) is 0 Å². The maximum Gasteiger partial charge on any atom is 0.242 e. The molecule has 21 heavy (non-hydrogen) atoms. The van der Waals surface area contributed by atoms with Crippen LogP contribution in [0.4, 0.5) is 5.82 Å². The van der Waals surface area contributed by atoms with Gasteiger partial charge in [0, 0.05) is 17.0 Å². The highest BCUT2D eigenvalue weighted by Crippen LogP contribution is 2.22. The quantitative estimate of drug-likeness (QED) is 0.841. The Hall–Kier alpha value is -1.36. The number of carbonyl (C=O) groups excluding carboxylic acids is 1. The predicted octanol–water partition coefficient (Wildman–Crippen LogP) is 3.14. The van der Waals surface area contributed by atoms with E-state index in [1.54, 1.807) is 13.0 Å². The average molecular weight is 313 g/mol. The largest absolute Gasteiger partial charge is 0.358 e. The molecule has 0 radical (unpaired) electrons. The zero-order valence-corrected chi connectivity index (χ0v) is 14.6. The summed E-state index contributed by atoms with van der Waals surface area (Å²) in [6.45, 7) is 13.6. The summed E-state index contributed by atoms with van der Waals surface area (Å²) in [6.07, 6.45) is 0. The SMILES string of the molecule is CC(Nc1cc(Cl)nc(C(C)(C)C)n1)C(=O)NC(C)(C)C. The van der Waals surface area contributed by atoms with Gasteiger partial charge in [-0.2, -0.15) is 0 Å². The van der Waals surface area contributed by atoms with E-state index in [4.69, 9.17) is 11.6 Å². The number of rotatable bonds is 3. The number of anilines is 1. The van der Waals surface area contributed by atoms with E-state index in [0.29, 0.717) is 16.8 Å². The summed E-state index contributed by atoms with van der Waals surface area (Å²) < 4.78 is 0. The lowest BCUT2D eigenvalue weighted by Gasteiger charge is -2.24. The van der Waals surface area contributed by atoms with Gasteiger partial charge in [0.25, 0.3) is 0 Å². The number of aromatic nitrogens is 2. The topological polar surface area (TPSA) is 66.9 Å². The average Bonchev–Trinajstić information content (AvgIpc) is 2.24. The second-order valence-electron chi connectivity index (χ2n) is 7.25. The fourth-order valence-corrected chi connectivity index (χ4v) is 1.78. The summed E-state index contributed by atoms with van der Waals surface area (Å²) >= 11 is 6.03. The van der Waals surface area contributed by atoms with Gasteiger partial charge in [-0.15, -0.1) is 0 Å². The zero-order chi connectivity index (χ0) is 16.4. The smallest absolute Gasteiger partial charge is 0.242 e. The fraction of sp³-hybridized carbons (Fsp3) is 0.667. The Kier molecular flexibility index (Phi) is 5.20. The first kappa shape index (κ1) is 17.7. The lowest BCUT2D eigenvalue weighted by atomic mass is 9.96. The molecule has 0 fully saturated rings. The minimum atomic E-state index is -0.414. The second-order valence-corrected chi connectivity index (χ2v) is 7.64. The third kappa shape index (κ3) is 5.87. The number of halogens is 1. The van der Waals surface area contributed by atoms with Crippen molar-refractivity contribution in [3.05, 3.63) is 17.0 Å². The molecule has 0 spiro atoms. The molecule has 118 valence electrons. The molecule has 5 nitrogen and oxygen atoms in total. The standard InChI is InChI=1S/C15H25ClN4O/c1-9(12(21)20-15(5,6)7)17-11-8-10(16)18-13(19-11)14(2,3)4/h8-9H,1-7H3,(H,20,21)(H,17,18,19). The van der Waals surface area contributed by atoms with Gasteiger partial charge in [0.15, 0.2) is 0 Å². The van der Waals surface area contributed by atoms with E-state index < -0.39 is 6.04 Å². The fourth-order valence-electron chi connectivity index (χ4n) is 1.59. The Balaban J connectivity index is 2.88. The van der Waals surface area contributed by atoms with Crippen LogP contribution in [0.3, 0.4) is 0 Å². The van der Waals surface area contributed by atoms with Gasteiger partial charge in [0.2, 0.25) is 5.91 Å². The molecule has 0 aliphatic carbocycles. The molecule has 1 atom stereocenters. The van der Waals surface area contributed by atoms with Crippen LogP contribution in [0.25, 0.3) is 0 Å². The number of nitrogens with one attached hydrogen (secondary N) is 2. The number of amides is 1. The molecule has 1 unspecified atom stereocenters. The predicted molar refractivity (Wildman–Crippen MR) is 86.7 cm³/mol. The molecular weight excluding hydrogens is 288 g/mol. The Labute approximate surface area is 131 Å². The van der Waals surface area contributed by atoms with Crippen molar-refractivity contribution in [2.24, 2.45) is 0 Å². The minimum Gasteiger partial charge on any atom is -0.358 e.